The molecule has 19 heavy (non-hydrogen) atoms. The first-order valence-electron chi connectivity index (χ1n) is 5.19. The third-order valence-corrected chi connectivity index (χ3v) is 3.35. The predicted molar refractivity (Wildman–Crippen MR) is 81.5 cm³/mol. The lowest BCUT2D eigenvalue weighted by molar-refractivity contribution is 0.442. The van der Waals surface area contributed by atoms with E-state index in [1.807, 2.05) is 0 Å². The van der Waals surface area contributed by atoms with Gasteiger partial charge in [-0.25, -0.2) is 4.39 Å². The van der Waals surface area contributed by atoms with Crippen molar-refractivity contribution in [3.63, 3.8) is 0 Å². The SMILES string of the molecule is NC(=S)c1ccc(Oc2ccc(Br)cc2F)cc1Cl. The molecule has 98 valence electrons. The van der Waals surface area contributed by atoms with E-state index in [4.69, 9.17) is 34.3 Å². The van der Waals surface area contributed by atoms with E-state index in [2.05, 4.69) is 15.9 Å². The van der Waals surface area contributed by atoms with Gasteiger partial charge in [-0.2, -0.15) is 0 Å². The maximum absolute atomic E-state index is 13.6. The Hall–Kier alpha value is -1.17. The van der Waals surface area contributed by atoms with Crippen LogP contribution >= 0.6 is 39.7 Å². The topological polar surface area (TPSA) is 35.2 Å². The zero-order valence-electron chi connectivity index (χ0n) is 9.49. The van der Waals surface area contributed by atoms with Crippen LogP contribution in [0.5, 0.6) is 11.5 Å². The second kappa shape index (κ2) is 5.86. The van der Waals surface area contributed by atoms with Gasteiger partial charge in [-0.1, -0.05) is 39.7 Å². The number of hydrogen-bond donors (Lipinski definition) is 1. The summed E-state index contributed by atoms with van der Waals surface area (Å²) < 4.78 is 19.7. The number of halogens is 3. The largest absolute Gasteiger partial charge is 0.454 e. The minimum Gasteiger partial charge on any atom is -0.454 e. The van der Waals surface area contributed by atoms with Crippen LogP contribution < -0.4 is 10.5 Å². The molecule has 2 rings (SSSR count). The molecule has 6 heteroatoms. The Balaban J connectivity index is 2.29. The van der Waals surface area contributed by atoms with Gasteiger partial charge < -0.3 is 10.5 Å². The summed E-state index contributed by atoms with van der Waals surface area (Å²) in [5.74, 6) is 0.0532. The molecular formula is C13H8BrClFNOS. The standard InChI is InChI=1S/C13H8BrClFNOS/c14-7-1-4-12(11(16)5-7)18-8-2-3-9(13(17)19)10(15)6-8/h1-6H,(H2,17,19). The van der Waals surface area contributed by atoms with Gasteiger partial charge >= 0.3 is 0 Å². The normalized spacial score (nSPS) is 10.3. The maximum Gasteiger partial charge on any atom is 0.166 e. The van der Waals surface area contributed by atoms with Gasteiger partial charge in [0.1, 0.15) is 10.7 Å². The molecular weight excluding hydrogens is 353 g/mol. The monoisotopic (exact) mass is 359 g/mol. The number of nitrogens with two attached hydrogens (primary N) is 1. The van der Waals surface area contributed by atoms with Crippen LogP contribution in [-0.4, -0.2) is 4.99 Å². The van der Waals surface area contributed by atoms with Crippen molar-refractivity contribution in [1.29, 1.82) is 0 Å². The van der Waals surface area contributed by atoms with Crippen LogP contribution in [0.4, 0.5) is 4.39 Å². The average Bonchev–Trinajstić information content (AvgIpc) is 2.32. The lowest BCUT2D eigenvalue weighted by atomic mass is 10.2. The highest BCUT2D eigenvalue weighted by atomic mass is 79.9. The van der Waals surface area contributed by atoms with Crippen molar-refractivity contribution in [2.24, 2.45) is 5.73 Å². The first-order chi connectivity index (χ1) is 8.97. The highest BCUT2D eigenvalue weighted by Gasteiger charge is 2.08. The van der Waals surface area contributed by atoms with E-state index in [0.29, 0.717) is 20.8 Å². The number of thiocarbonyl (C=S) groups is 1. The molecule has 0 spiro atoms. The number of rotatable bonds is 3. The Kier molecular flexibility index (Phi) is 4.39. The summed E-state index contributed by atoms with van der Waals surface area (Å²) in [5, 5.41) is 0.363. The van der Waals surface area contributed by atoms with Crippen molar-refractivity contribution in [3.8, 4) is 11.5 Å². The van der Waals surface area contributed by atoms with Crippen LogP contribution in [0, 0.1) is 5.82 Å². The van der Waals surface area contributed by atoms with Crippen LogP contribution in [0.3, 0.4) is 0 Å². The molecule has 0 amide bonds. The Morgan fingerprint density at radius 2 is 2.00 bits per heavy atom. The summed E-state index contributed by atoms with van der Waals surface area (Å²) in [4.78, 5) is 0.200. The van der Waals surface area contributed by atoms with E-state index in [-0.39, 0.29) is 10.7 Å². The minimum atomic E-state index is -0.469. The average molecular weight is 361 g/mol. The summed E-state index contributed by atoms with van der Waals surface area (Å²) in [6.45, 7) is 0. The second-order valence-electron chi connectivity index (χ2n) is 3.68. The van der Waals surface area contributed by atoms with Gasteiger partial charge in [-0.15, -0.1) is 0 Å². The fourth-order valence-corrected chi connectivity index (χ4v) is 2.28. The van der Waals surface area contributed by atoms with Crippen molar-refractivity contribution in [1.82, 2.24) is 0 Å². The Labute approximate surface area is 128 Å². The van der Waals surface area contributed by atoms with Crippen molar-refractivity contribution >= 4 is 44.7 Å². The van der Waals surface area contributed by atoms with Crippen molar-refractivity contribution < 1.29 is 9.13 Å². The predicted octanol–water partition coefficient (Wildman–Crippen LogP) is 4.67. The smallest absolute Gasteiger partial charge is 0.166 e. The zero-order valence-corrected chi connectivity index (χ0v) is 12.7. The lowest BCUT2D eigenvalue weighted by Crippen LogP contribution is -2.09. The number of benzene rings is 2. The van der Waals surface area contributed by atoms with Crippen LogP contribution in [-0.2, 0) is 0 Å². The van der Waals surface area contributed by atoms with Gasteiger partial charge in [0, 0.05) is 16.1 Å². The van der Waals surface area contributed by atoms with Crippen LogP contribution in [0.2, 0.25) is 5.02 Å². The molecule has 2 aromatic rings. The van der Waals surface area contributed by atoms with E-state index < -0.39 is 5.82 Å². The first-order valence-corrected chi connectivity index (χ1v) is 6.77. The minimum absolute atomic E-state index is 0.113. The molecule has 0 aliphatic heterocycles. The highest BCUT2D eigenvalue weighted by Crippen LogP contribution is 2.29. The zero-order chi connectivity index (χ0) is 14.0. The van der Waals surface area contributed by atoms with Crippen LogP contribution in [0.15, 0.2) is 40.9 Å². The van der Waals surface area contributed by atoms with E-state index >= 15 is 0 Å². The highest BCUT2D eigenvalue weighted by molar-refractivity contribution is 9.10. The van der Waals surface area contributed by atoms with Gasteiger partial charge in [0.15, 0.2) is 11.6 Å². The molecule has 2 nitrogen and oxygen atoms in total. The van der Waals surface area contributed by atoms with Gasteiger partial charge in [0.05, 0.1) is 5.02 Å². The molecule has 2 aromatic carbocycles. The fourth-order valence-electron chi connectivity index (χ4n) is 1.44. The summed E-state index contributed by atoms with van der Waals surface area (Å²) >= 11 is 14.0. The first kappa shape index (κ1) is 14.2. The van der Waals surface area contributed by atoms with Crippen molar-refractivity contribution in [3.05, 3.63) is 57.3 Å². The number of hydrogen-bond acceptors (Lipinski definition) is 2. The summed E-state index contributed by atoms with van der Waals surface area (Å²) in [6, 6.07) is 9.33. The van der Waals surface area contributed by atoms with Gasteiger partial charge in [0.2, 0.25) is 0 Å². The molecule has 0 fully saturated rings. The van der Waals surface area contributed by atoms with E-state index in [0.717, 1.165) is 0 Å². The Bertz CT molecular complexity index is 651. The van der Waals surface area contributed by atoms with Gasteiger partial charge in [-0.3, -0.25) is 0 Å². The lowest BCUT2D eigenvalue weighted by Gasteiger charge is -2.09. The molecule has 0 heterocycles. The van der Waals surface area contributed by atoms with Crippen LogP contribution in [0.1, 0.15) is 5.56 Å². The van der Waals surface area contributed by atoms with E-state index in [9.17, 15) is 4.39 Å². The third-order valence-electron chi connectivity index (χ3n) is 2.33. The van der Waals surface area contributed by atoms with Gasteiger partial charge in [0.25, 0.3) is 0 Å². The molecule has 2 N–H and O–H groups in total. The van der Waals surface area contributed by atoms with Crippen molar-refractivity contribution in [2.45, 2.75) is 0 Å². The molecule has 0 unspecified atom stereocenters. The van der Waals surface area contributed by atoms with Gasteiger partial charge in [-0.05, 0) is 30.3 Å². The summed E-state index contributed by atoms with van der Waals surface area (Å²) in [6.07, 6.45) is 0. The maximum atomic E-state index is 13.6. The molecule has 0 saturated heterocycles. The molecule has 0 aliphatic rings. The molecule has 0 radical (unpaired) electrons. The molecule has 0 saturated carbocycles. The third kappa shape index (κ3) is 3.43. The molecule has 0 atom stereocenters. The molecule has 0 aromatic heterocycles. The molecule has 0 bridgehead atoms. The van der Waals surface area contributed by atoms with Crippen molar-refractivity contribution in [2.75, 3.05) is 0 Å². The Morgan fingerprint density at radius 1 is 1.26 bits per heavy atom. The van der Waals surface area contributed by atoms with Crippen LogP contribution in [0.25, 0.3) is 0 Å². The van der Waals surface area contributed by atoms with E-state index in [1.165, 1.54) is 18.2 Å². The quantitative estimate of drug-likeness (QED) is 0.808. The summed E-state index contributed by atoms with van der Waals surface area (Å²) in [7, 11) is 0. The fraction of sp³-hybridized carbons (Fsp3) is 0. The molecule has 0 aliphatic carbocycles. The van der Waals surface area contributed by atoms with E-state index in [1.54, 1.807) is 18.2 Å². The number of ether oxygens (including phenoxy) is 1. The summed E-state index contributed by atoms with van der Waals surface area (Å²) in [5.41, 5.74) is 6.05. The second-order valence-corrected chi connectivity index (χ2v) is 5.45. The Morgan fingerprint density at radius 3 is 2.58 bits per heavy atom.